The molecular formula is C38H46Cl2Hf. The van der Waals surface area contributed by atoms with Crippen molar-refractivity contribution in [1.29, 1.82) is 0 Å². The summed E-state index contributed by atoms with van der Waals surface area (Å²) in [6.45, 7) is 18.2. The summed E-state index contributed by atoms with van der Waals surface area (Å²) in [5, 5.41) is 0. The van der Waals surface area contributed by atoms with Gasteiger partial charge in [-0.05, 0) is 0 Å². The first-order chi connectivity index (χ1) is 18.6. The molecule has 0 radical (unpaired) electrons. The van der Waals surface area contributed by atoms with E-state index in [4.69, 9.17) is 0 Å². The van der Waals surface area contributed by atoms with Crippen LogP contribution in [0.25, 0.3) is 11.1 Å². The number of benzene rings is 3. The van der Waals surface area contributed by atoms with Crippen molar-refractivity contribution in [2.75, 3.05) is 0 Å². The van der Waals surface area contributed by atoms with Crippen LogP contribution >= 0.6 is 24.8 Å². The number of allylic oxidation sites excluding steroid dienone is 5. The Morgan fingerprint density at radius 2 is 1.39 bits per heavy atom. The summed E-state index contributed by atoms with van der Waals surface area (Å²) in [6.07, 6.45) is 13.9. The Balaban J connectivity index is 0.00000231. The molecule has 0 nitrogen and oxygen atoms in total. The molecule has 0 saturated carbocycles. The van der Waals surface area contributed by atoms with E-state index in [-0.39, 0.29) is 35.6 Å². The van der Waals surface area contributed by atoms with Gasteiger partial charge in [0.1, 0.15) is 0 Å². The topological polar surface area (TPSA) is 0 Å². The third-order valence-electron chi connectivity index (χ3n) is 8.44. The molecule has 0 unspecified atom stereocenters. The van der Waals surface area contributed by atoms with Crippen LogP contribution in [0.3, 0.4) is 0 Å². The number of hydrogen-bond acceptors (Lipinski definition) is 0. The normalized spacial score (nSPS) is 14.8. The number of hydrogen-bond donors (Lipinski definition) is 0. The minimum Gasteiger partial charge on any atom is -0.147 e. The van der Waals surface area contributed by atoms with E-state index in [0.29, 0.717) is 3.67 Å². The summed E-state index contributed by atoms with van der Waals surface area (Å²) in [5.41, 5.74) is 10.8. The summed E-state index contributed by atoms with van der Waals surface area (Å²) < 4.78 is 4.04. The van der Waals surface area contributed by atoms with Gasteiger partial charge in [-0.2, -0.15) is 0 Å². The van der Waals surface area contributed by atoms with Gasteiger partial charge in [-0.3, -0.25) is 0 Å². The van der Waals surface area contributed by atoms with Gasteiger partial charge in [0.15, 0.2) is 0 Å². The van der Waals surface area contributed by atoms with E-state index in [2.05, 4.69) is 139 Å². The molecule has 0 aliphatic heterocycles. The van der Waals surface area contributed by atoms with E-state index in [0.717, 1.165) is 12.8 Å². The van der Waals surface area contributed by atoms with Crippen molar-refractivity contribution < 1.29 is 21.0 Å². The van der Waals surface area contributed by atoms with Crippen molar-refractivity contribution in [3.8, 4) is 11.1 Å². The van der Waals surface area contributed by atoms with Gasteiger partial charge in [0, 0.05) is 0 Å². The molecule has 41 heavy (non-hydrogen) atoms. The summed E-state index contributed by atoms with van der Waals surface area (Å²) in [5.74, 6) is 0. The fourth-order valence-corrected chi connectivity index (χ4v) is 19.7. The van der Waals surface area contributed by atoms with E-state index in [1.165, 1.54) is 40.7 Å². The molecule has 0 saturated heterocycles. The number of halogens is 2. The van der Waals surface area contributed by atoms with Crippen LogP contribution in [0.5, 0.6) is 0 Å². The van der Waals surface area contributed by atoms with E-state index >= 15 is 0 Å². The molecule has 216 valence electrons. The molecule has 0 fully saturated rings. The van der Waals surface area contributed by atoms with Crippen LogP contribution in [0.15, 0.2) is 101 Å². The first-order valence-electron chi connectivity index (χ1n) is 14.6. The largest absolute Gasteiger partial charge is 0.147 e. The first kappa shape index (κ1) is 33.7. The minimum absolute atomic E-state index is 0. The summed E-state index contributed by atoms with van der Waals surface area (Å²) in [7, 11) is 0. The maximum Gasteiger partial charge on any atom is -0.147 e. The molecule has 0 aromatic heterocycles. The second-order valence-electron chi connectivity index (χ2n) is 13.3. The van der Waals surface area contributed by atoms with Crippen LogP contribution in [0.4, 0.5) is 0 Å². The number of fused-ring (bicyclic) bond motifs is 3. The Kier molecular flexibility index (Phi) is 11.2. The fourth-order valence-electron chi connectivity index (χ4n) is 6.20. The molecule has 2 aliphatic rings. The quantitative estimate of drug-likeness (QED) is 0.128. The smallest absolute Gasteiger partial charge is 0.147 e. The Morgan fingerprint density at radius 3 is 1.85 bits per heavy atom. The second-order valence-corrected chi connectivity index (χ2v) is 22.8. The van der Waals surface area contributed by atoms with E-state index in [1.807, 2.05) is 0 Å². The van der Waals surface area contributed by atoms with Crippen LogP contribution in [-0.4, -0.2) is 3.26 Å². The van der Waals surface area contributed by atoms with Crippen molar-refractivity contribution in [2.24, 2.45) is 0 Å². The van der Waals surface area contributed by atoms with E-state index < -0.39 is 21.0 Å². The average molecular weight is 752 g/mol. The van der Waals surface area contributed by atoms with E-state index in [1.54, 1.807) is 17.7 Å². The van der Waals surface area contributed by atoms with Gasteiger partial charge < -0.3 is 0 Å². The van der Waals surface area contributed by atoms with Crippen molar-refractivity contribution in [1.82, 2.24) is 0 Å². The molecule has 0 atom stereocenters. The van der Waals surface area contributed by atoms with Gasteiger partial charge in [0.25, 0.3) is 0 Å². The Morgan fingerprint density at radius 1 is 0.829 bits per heavy atom. The van der Waals surface area contributed by atoms with Crippen LogP contribution in [0.1, 0.15) is 98.7 Å². The van der Waals surface area contributed by atoms with E-state index in [9.17, 15) is 0 Å². The minimum atomic E-state index is -2.72. The van der Waals surface area contributed by atoms with Gasteiger partial charge in [0.2, 0.25) is 0 Å². The molecule has 0 N–H and O–H groups in total. The molecule has 2 aliphatic carbocycles. The standard InChI is InChI=1S/C21H25.C12H14.C5H5.2ClH.Hf/c1-20(2,3)16-7-9-18-14(12-16)11-15-13-17(21(4,5)6)8-10-19(15)18;1-2-3-4-6-9-12-10-7-5-8-11-12;1-2-4-5-3-1;;;/h7-13H,1-6H3;2,5,7-8,10-11H,1,3-4,6H2;1-3H,4H2;2*1H;. The predicted octanol–water partition coefficient (Wildman–Crippen LogP) is 11.2. The SMILES string of the molecule is C=CCCC/[C](c1ccccc1)=[Hf](/[C]1=CC=CC1)[CH]1c2cc(C(C)(C)C)ccc2-c2ccc(C(C)(C)C)cc21.Cl.Cl. The molecule has 0 spiro atoms. The zero-order valence-electron chi connectivity index (χ0n) is 25.6. The molecule has 3 aromatic rings. The average Bonchev–Trinajstić information content (AvgIpc) is 3.54. The van der Waals surface area contributed by atoms with Gasteiger partial charge in [-0.15, -0.1) is 24.8 Å². The third-order valence-corrected chi connectivity index (χ3v) is 20.8. The van der Waals surface area contributed by atoms with Gasteiger partial charge in [-0.1, -0.05) is 0 Å². The molecule has 3 aromatic carbocycles. The fraction of sp³-hybridized carbons (Fsp3) is 0.342. The molecule has 0 amide bonds. The zero-order chi connectivity index (χ0) is 27.8. The molecule has 0 bridgehead atoms. The van der Waals surface area contributed by atoms with Crippen LogP contribution in [0, 0.1) is 0 Å². The van der Waals surface area contributed by atoms with Crippen molar-refractivity contribution in [3.63, 3.8) is 0 Å². The molecule has 3 heteroatoms. The monoisotopic (exact) mass is 752 g/mol. The Hall–Kier alpha value is -1.80. The maximum absolute atomic E-state index is 4.04. The second kappa shape index (κ2) is 13.7. The summed E-state index contributed by atoms with van der Waals surface area (Å²) in [4.78, 5) is 0. The predicted molar refractivity (Wildman–Crippen MR) is 182 cm³/mol. The van der Waals surface area contributed by atoms with Gasteiger partial charge >= 0.3 is 246 Å². The molecular weight excluding hydrogens is 706 g/mol. The summed E-state index contributed by atoms with van der Waals surface area (Å²) in [6, 6.07) is 26.2. The van der Waals surface area contributed by atoms with Gasteiger partial charge in [0.05, 0.1) is 0 Å². The van der Waals surface area contributed by atoms with Crippen molar-refractivity contribution in [2.45, 2.75) is 81.7 Å². The number of rotatable bonds is 7. The van der Waals surface area contributed by atoms with Crippen molar-refractivity contribution >= 4 is 28.1 Å². The van der Waals surface area contributed by atoms with Gasteiger partial charge in [-0.25, -0.2) is 0 Å². The van der Waals surface area contributed by atoms with Crippen LogP contribution < -0.4 is 0 Å². The maximum atomic E-state index is 4.04. The molecule has 0 heterocycles. The summed E-state index contributed by atoms with van der Waals surface area (Å²) >= 11 is -2.72. The first-order valence-corrected chi connectivity index (χ1v) is 20.3. The third kappa shape index (κ3) is 7.06. The Bertz CT molecular complexity index is 1410. The number of unbranched alkanes of at least 4 members (excludes halogenated alkanes) is 1. The Labute approximate surface area is 268 Å². The zero-order valence-corrected chi connectivity index (χ0v) is 30.8. The van der Waals surface area contributed by atoms with Crippen LogP contribution in [-0.2, 0) is 31.8 Å². The van der Waals surface area contributed by atoms with Crippen molar-refractivity contribution in [3.05, 3.63) is 129 Å². The van der Waals surface area contributed by atoms with Crippen LogP contribution in [0.2, 0.25) is 0 Å². The molecule has 5 rings (SSSR count).